The maximum atomic E-state index is 11.5. The van der Waals surface area contributed by atoms with Crippen LogP contribution >= 0.6 is 12.2 Å². The van der Waals surface area contributed by atoms with Crippen LogP contribution in [0.25, 0.3) is 0 Å². The van der Waals surface area contributed by atoms with Crippen molar-refractivity contribution in [2.45, 2.75) is 18.9 Å². The van der Waals surface area contributed by atoms with Gasteiger partial charge in [0.1, 0.15) is 0 Å². The number of amides is 1. The molecule has 0 spiro atoms. The van der Waals surface area contributed by atoms with Gasteiger partial charge < -0.3 is 14.5 Å². The molecule has 5 nitrogen and oxygen atoms in total. The highest BCUT2D eigenvalue weighted by Gasteiger charge is 2.16. The second-order valence-electron chi connectivity index (χ2n) is 3.78. The van der Waals surface area contributed by atoms with Gasteiger partial charge in [0.05, 0.1) is 12.4 Å². The van der Waals surface area contributed by atoms with E-state index in [1.165, 1.54) is 6.26 Å². The Hall–Kier alpha value is -1.40. The summed E-state index contributed by atoms with van der Waals surface area (Å²) < 4.78 is 10.4. The van der Waals surface area contributed by atoms with E-state index in [0.29, 0.717) is 11.7 Å². The molecular formula is C11H14N2O3S. The van der Waals surface area contributed by atoms with Crippen molar-refractivity contribution in [2.75, 3.05) is 13.2 Å². The van der Waals surface area contributed by atoms with Crippen LogP contribution in [0.1, 0.15) is 23.4 Å². The molecule has 0 unspecified atom stereocenters. The number of hydrogen-bond donors (Lipinski definition) is 2. The van der Waals surface area contributed by atoms with Crippen molar-refractivity contribution >= 4 is 23.2 Å². The summed E-state index contributed by atoms with van der Waals surface area (Å²) in [7, 11) is 0. The zero-order chi connectivity index (χ0) is 12.1. The van der Waals surface area contributed by atoms with E-state index in [9.17, 15) is 4.79 Å². The molecule has 0 aromatic carbocycles. The van der Waals surface area contributed by atoms with Gasteiger partial charge in [-0.2, -0.15) is 0 Å². The maximum absolute atomic E-state index is 11.5. The van der Waals surface area contributed by atoms with Gasteiger partial charge in [-0.15, -0.1) is 0 Å². The van der Waals surface area contributed by atoms with Crippen molar-refractivity contribution in [1.29, 1.82) is 0 Å². The highest BCUT2D eigenvalue weighted by Crippen LogP contribution is 2.10. The van der Waals surface area contributed by atoms with Gasteiger partial charge in [0, 0.05) is 13.2 Å². The lowest BCUT2D eigenvalue weighted by molar-refractivity contribution is 0.0946. The average Bonchev–Trinajstić information content (AvgIpc) is 2.99. The molecule has 1 aliphatic heterocycles. The van der Waals surface area contributed by atoms with Gasteiger partial charge in [-0.05, 0) is 37.2 Å². The van der Waals surface area contributed by atoms with Gasteiger partial charge in [0.25, 0.3) is 5.91 Å². The van der Waals surface area contributed by atoms with Gasteiger partial charge in [-0.3, -0.25) is 10.1 Å². The van der Waals surface area contributed by atoms with E-state index < -0.39 is 0 Å². The average molecular weight is 254 g/mol. The summed E-state index contributed by atoms with van der Waals surface area (Å²) in [5, 5.41) is 5.78. The molecule has 0 saturated carbocycles. The minimum atomic E-state index is -0.347. The Morgan fingerprint density at radius 1 is 1.59 bits per heavy atom. The van der Waals surface area contributed by atoms with Crippen LogP contribution in [-0.4, -0.2) is 30.3 Å². The standard InChI is InChI=1S/C11H14N2O3S/c14-10(9-4-2-6-16-9)13-11(17)12-7-8-3-1-5-15-8/h2,4,6,8H,1,3,5,7H2,(H2,12,13,14,17)/t8-/m0/s1. The second kappa shape index (κ2) is 5.79. The molecule has 2 heterocycles. The molecule has 0 radical (unpaired) electrons. The topological polar surface area (TPSA) is 63.5 Å². The number of rotatable bonds is 3. The third kappa shape index (κ3) is 3.54. The Morgan fingerprint density at radius 2 is 2.47 bits per heavy atom. The Morgan fingerprint density at radius 3 is 3.12 bits per heavy atom. The maximum Gasteiger partial charge on any atom is 0.293 e. The summed E-state index contributed by atoms with van der Waals surface area (Å²) in [5.74, 6) is -0.105. The number of thiocarbonyl (C=S) groups is 1. The smallest absolute Gasteiger partial charge is 0.293 e. The Kier molecular flexibility index (Phi) is 4.11. The third-order valence-corrected chi connectivity index (χ3v) is 2.73. The molecule has 0 bridgehead atoms. The molecule has 17 heavy (non-hydrogen) atoms. The largest absolute Gasteiger partial charge is 0.459 e. The number of hydrogen-bond acceptors (Lipinski definition) is 4. The zero-order valence-corrected chi connectivity index (χ0v) is 10.1. The summed E-state index contributed by atoms with van der Waals surface area (Å²) in [6.07, 6.45) is 3.74. The first-order chi connectivity index (χ1) is 8.25. The van der Waals surface area contributed by atoms with Crippen LogP contribution in [0.4, 0.5) is 0 Å². The van der Waals surface area contributed by atoms with Crippen molar-refractivity contribution in [1.82, 2.24) is 10.6 Å². The SMILES string of the molecule is O=C(NC(=S)NC[C@@H]1CCCO1)c1ccco1. The van der Waals surface area contributed by atoms with Crippen LogP contribution in [0.5, 0.6) is 0 Å². The molecule has 1 saturated heterocycles. The molecule has 1 atom stereocenters. The Labute approximate surface area is 105 Å². The van der Waals surface area contributed by atoms with E-state index in [1.807, 2.05) is 0 Å². The summed E-state index contributed by atoms with van der Waals surface area (Å²) in [6.45, 7) is 1.43. The molecule has 1 aliphatic rings. The quantitative estimate of drug-likeness (QED) is 0.790. The molecule has 2 rings (SSSR count). The van der Waals surface area contributed by atoms with Gasteiger partial charge in [0.2, 0.25) is 0 Å². The first-order valence-corrected chi connectivity index (χ1v) is 5.91. The molecule has 92 valence electrons. The Balaban J connectivity index is 1.71. The number of nitrogens with one attached hydrogen (secondary N) is 2. The van der Waals surface area contributed by atoms with E-state index in [4.69, 9.17) is 21.4 Å². The van der Waals surface area contributed by atoms with E-state index >= 15 is 0 Å². The fourth-order valence-electron chi connectivity index (χ4n) is 1.63. The van der Waals surface area contributed by atoms with Gasteiger partial charge >= 0.3 is 0 Å². The highest BCUT2D eigenvalue weighted by molar-refractivity contribution is 7.80. The third-order valence-electron chi connectivity index (χ3n) is 2.49. The van der Waals surface area contributed by atoms with Crippen molar-refractivity contribution < 1.29 is 13.9 Å². The van der Waals surface area contributed by atoms with E-state index in [-0.39, 0.29) is 17.8 Å². The molecule has 1 amide bonds. The molecule has 0 aliphatic carbocycles. The summed E-state index contributed by atoms with van der Waals surface area (Å²) in [5.41, 5.74) is 0. The molecule has 6 heteroatoms. The van der Waals surface area contributed by atoms with Crippen molar-refractivity contribution in [3.63, 3.8) is 0 Å². The first-order valence-electron chi connectivity index (χ1n) is 5.50. The van der Waals surface area contributed by atoms with Gasteiger partial charge in [-0.25, -0.2) is 0 Å². The van der Waals surface area contributed by atoms with Crippen LogP contribution in [0.15, 0.2) is 22.8 Å². The zero-order valence-electron chi connectivity index (χ0n) is 9.27. The van der Waals surface area contributed by atoms with Gasteiger partial charge in [0.15, 0.2) is 10.9 Å². The molecule has 1 aromatic heterocycles. The molecular weight excluding hydrogens is 240 g/mol. The fourth-order valence-corrected chi connectivity index (χ4v) is 1.80. The van der Waals surface area contributed by atoms with Crippen LogP contribution in [-0.2, 0) is 4.74 Å². The number of furan rings is 1. The summed E-state index contributed by atoms with van der Waals surface area (Å²) >= 11 is 5.00. The Bertz CT molecular complexity index is 385. The molecule has 1 fully saturated rings. The predicted octanol–water partition coefficient (Wildman–Crippen LogP) is 1.06. The van der Waals surface area contributed by atoms with Crippen LogP contribution in [0.3, 0.4) is 0 Å². The molecule has 1 aromatic rings. The van der Waals surface area contributed by atoms with E-state index in [1.54, 1.807) is 12.1 Å². The monoisotopic (exact) mass is 254 g/mol. The van der Waals surface area contributed by atoms with Crippen molar-refractivity contribution in [2.24, 2.45) is 0 Å². The lowest BCUT2D eigenvalue weighted by Gasteiger charge is -2.12. The van der Waals surface area contributed by atoms with Crippen LogP contribution in [0, 0.1) is 0 Å². The first kappa shape index (κ1) is 12.1. The minimum Gasteiger partial charge on any atom is -0.459 e. The van der Waals surface area contributed by atoms with Crippen LogP contribution < -0.4 is 10.6 Å². The van der Waals surface area contributed by atoms with E-state index in [2.05, 4.69) is 10.6 Å². The molecule has 2 N–H and O–H groups in total. The second-order valence-corrected chi connectivity index (χ2v) is 4.18. The summed E-state index contributed by atoms with van der Waals surface area (Å²) in [4.78, 5) is 11.5. The van der Waals surface area contributed by atoms with E-state index in [0.717, 1.165) is 19.4 Å². The number of carbonyl (C=O) groups excluding carboxylic acids is 1. The normalized spacial score (nSPS) is 18.9. The van der Waals surface area contributed by atoms with Crippen molar-refractivity contribution in [3.8, 4) is 0 Å². The summed E-state index contributed by atoms with van der Waals surface area (Å²) in [6, 6.07) is 3.23. The fraction of sp³-hybridized carbons (Fsp3) is 0.455. The number of ether oxygens (including phenoxy) is 1. The lowest BCUT2D eigenvalue weighted by atomic mass is 10.2. The lowest BCUT2D eigenvalue weighted by Crippen LogP contribution is -2.42. The minimum absolute atomic E-state index is 0.188. The van der Waals surface area contributed by atoms with Gasteiger partial charge in [-0.1, -0.05) is 0 Å². The highest BCUT2D eigenvalue weighted by atomic mass is 32.1. The van der Waals surface area contributed by atoms with Crippen LogP contribution in [0.2, 0.25) is 0 Å². The van der Waals surface area contributed by atoms with Crippen molar-refractivity contribution in [3.05, 3.63) is 24.2 Å². The predicted molar refractivity (Wildman–Crippen MR) is 65.7 cm³/mol. The number of carbonyl (C=O) groups is 1.